The molecule has 33 heavy (non-hydrogen) atoms. The number of aryl methyl sites for hydroxylation is 1. The highest BCUT2D eigenvalue weighted by molar-refractivity contribution is 5.95. The maximum Gasteiger partial charge on any atom is 0.490 e. The summed E-state index contributed by atoms with van der Waals surface area (Å²) in [5.41, 5.74) is 2.55. The van der Waals surface area contributed by atoms with E-state index in [1.165, 1.54) is 0 Å². The number of aromatic nitrogens is 1. The molecule has 2 aromatic rings. The number of pyridine rings is 1. The van der Waals surface area contributed by atoms with Crippen molar-refractivity contribution in [3.63, 3.8) is 0 Å². The van der Waals surface area contributed by atoms with Gasteiger partial charge in [-0.05, 0) is 49.4 Å². The molecule has 1 aromatic heterocycles. The van der Waals surface area contributed by atoms with Gasteiger partial charge < -0.3 is 15.3 Å². The molecule has 1 atom stereocenters. The van der Waals surface area contributed by atoms with Crippen LogP contribution in [0.5, 0.6) is 0 Å². The summed E-state index contributed by atoms with van der Waals surface area (Å²) in [6.07, 6.45) is 0.798. The van der Waals surface area contributed by atoms with Crippen LogP contribution in [0.1, 0.15) is 46.7 Å². The average molecular weight is 463 g/mol. The van der Waals surface area contributed by atoms with Crippen molar-refractivity contribution in [3.8, 4) is 0 Å². The third-order valence-corrected chi connectivity index (χ3v) is 6.01. The number of carbonyl (C=O) groups excluding carboxylic acids is 2. The predicted molar refractivity (Wildman–Crippen MR) is 112 cm³/mol. The highest BCUT2D eigenvalue weighted by Gasteiger charge is 2.46. The van der Waals surface area contributed by atoms with Gasteiger partial charge in [-0.3, -0.25) is 14.6 Å². The van der Waals surface area contributed by atoms with Crippen molar-refractivity contribution in [1.29, 1.82) is 0 Å². The number of piperidine rings is 1. The van der Waals surface area contributed by atoms with Gasteiger partial charge >= 0.3 is 12.1 Å². The summed E-state index contributed by atoms with van der Waals surface area (Å²) in [4.78, 5) is 40.3. The first-order valence-corrected chi connectivity index (χ1v) is 10.4. The van der Waals surface area contributed by atoms with Gasteiger partial charge in [0.1, 0.15) is 0 Å². The molecule has 0 aliphatic carbocycles. The van der Waals surface area contributed by atoms with Gasteiger partial charge in [-0.1, -0.05) is 24.3 Å². The van der Waals surface area contributed by atoms with Crippen LogP contribution in [0.4, 0.5) is 13.2 Å². The van der Waals surface area contributed by atoms with Crippen molar-refractivity contribution < 1.29 is 32.7 Å². The van der Waals surface area contributed by atoms with Gasteiger partial charge in [-0.15, -0.1) is 0 Å². The highest BCUT2D eigenvalue weighted by atomic mass is 19.4. The lowest BCUT2D eigenvalue weighted by Crippen LogP contribution is -2.52. The second-order valence-corrected chi connectivity index (χ2v) is 8.22. The molecule has 10 heteroatoms. The fraction of sp³-hybridized carbons (Fsp3) is 0.391. The molecule has 1 aromatic carbocycles. The summed E-state index contributed by atoms with van der Waals surface area (Å²) < 4.78 is 31.7. The SMILES string of the molecule is Cc1ccccc1C(=O)N1CCC2(CC1)CC(c1cccnc1)C(=O)N2.O=C(O)C(F)(F)F. The summed E-state index contributed by atoms with van der Waals surface area (Å²) in [6.45, 7) is 3.31. The largest absolute Gasteiger partial charge is 0.490 e. The van der Waals surface area contributed by atoms with Crippen molar-refractivity contribution in [2.45, 2.75) is 43.8 Å². The van der Waals surface area contributed by atoms with E-state index in [9.17, 15) is 22.8 Å². The lowest BCUT2D eigenvalue weighted by molar-refractivity contribution is -0.192. The van der Waals surface area contributed by atoms with Gasteiger partial charge in [0.15, 0.2) is 0 Å². The Kier molecular flexibility index (Phi) is 7.04. The Bertz CT molecular complexity index is 1020. The fourth-order valence-electron chi connectivity index (χ4n) is 4.18. The third kappa shape index (κ3) is 5.68. The first-order valence-electron chi connectivity index (χ1n) is 10.4. The van der Waals surface area contributed by atoms with Crippen LogP contribution in [-0.4, -0.2) is 57.6 Å². The molecule has 2 aliphatic rings. The monoisotopic (exact) mass is 463 g/mol. The first kappa shape index (κ1) is 24.2. The molecule has 0 saturated carbocycles. The summed E-state index contributed by atoms with van der Waals surface area (Å²) in [6, 6.07) is 11.5. The minimum Gasteiger partial charge on any atom is -0.475 e. The smallest absolute Gasteiger partial charge is 0.475 e. The zero-order valence-corrected chi connectivity index (χ0v) is 17.9. The molecular formula is C23H24F3N3O4. The van der Waals surface area contributed by atoms with Crippen molar-refractivity contribution in [1.82, 2.24) is 15.2 Å². The van der Waals surface area contributed by atoms with Crippen LogP contribution < -0.4 is 5.32 Å². The minimum atomic E-state index is -5.08. The molecule has 2 amide bonds. The third-order valence-electron chi connectivity index (χ3n) is 6.01. The van der Waals surface area contributed by atoms with Crippen LogP contribution in [0.2, 0.25) is 0 Å². The molecule has 3 heterocycles. The van der Waals surface area contributed by atoms with Gasteiger partial charge in [0.2, 0.25) is 5.91 Å². The number of alkyl halides is 3. The van der Waals surface area contributed by atoms with E-state index >= 15 is 0 Å². The first-order chi connectivity index (χ1) is 15.5. The normalized spacial score (nSPS) is 19.5. The van der Waals surface area contributed by atoms with E-state index in [2.05, 4.69) is 10.3 Å². The number of benzene rings is 1. The molecule has 0 bridgehead atoms. The maximum absolute atomic E-state index is 12.8. The lowest BCUT2D eigenvalue weighted by atomic mass is 9.82. The van der Waals surface area contributed by atoms with Crippen LogP contribution in [-0.2, 0) is 9.59 Å². The Labute approximate surface area is 188 Å². The molecule has 176 valence electrons. The van der Waals surface area contributed by atoms with Gasteiger partial charge in [0, 0.05) is 36.6 Å². The molecule has 4 rings (SSSR count). The molecule has 1 unspecified atom stereocenters. The molecule has 2 saturated heterocycles. The topological polar surface area (TPSA) is 99.6 Å². The molecule has 7 nitrogen and oxygen atoms in total. The van der Waals surface area contributed by atoms with Crippen LogP contribution >= 0.6 is 0 Å². The van der Waals surface area contributed by atoms with Gasteiger partial charge in [0.25, 0.3) is 5.91 Å². The average Bonchev–Trinajstić information content (AvgIpc) is 3.10. The predicted octanol–water partition coefficient (Wildman–Crippen LogP) is 3.30. The van der Waals surface area contributed by atoms with Crippen molar-refractivity contribution in [3.05, 3.63) is 65.5 Å². The zero-order chi connectivity index (χ0) is 24.2. The Morgan fingerprint density at radius 2 is 1.79 bits per heavy atom. The Hall–Kier alpha value is -3.43. The molecule has 1 spiro atoms. The Morgan fingerprint density at radius 3 is 2.33 bits per heavy atom. The minimum absolute atomic E-state index is 0.0803. The van der Waals surface area contributed by atoms with Crippen molar-refractivity contribution >= 4 is 17.8 Å². The van der Waals surface area contributed by atoms with Crippen LogP contribution in [0.15, 0.2) is 48.8 Å². The number of amides is 2. The van der Waals surface area contributed by atoms with E-state index in [1.54, 1.807) is 12.4 Å². The Morgan fingerprint density at radius 1 is 1.15 bits per heavy atom. The van der Waals surface area contributed by atoms with Gasteiger partial charge in [0.05, 0.1) is 5.92 Å². The summed E-state index contributed by atoms with van der Waals surface area (Å²) >= 11 is 0. The quantitative estimate of drug-likeness (QED) is 0.712. The summed E-state index contributed by atoms with van der Waals surface area (Å²) in [5, 5.41) is 10.3. The summed E-state index contributed by atoms with van der Waals surface area (Å²) in [7, 11) is 0. The number of hydrogen-bond donors (Lipinski definition) is 2. The number of carboxylic acids is 1. The van der Waals surface area contributed by atoms with Crippen LogP contribution in [0.25, 0.3) is 0 Å². The van der Waals surface area contributed by atoms with Crippen molar-refractivity contribution in [2.75, 3.05) is 13.1 Å². The van der Waals surface area contributed by atoms with Gasteiger partial charge in [-0.2, -0.15) is 13.2 Å². The van der Waals surface area contributed by atoms with E-state index in [0.717, 1.165) is 36.0 Å². The van der Waals surface area contributed by atoms with E-state index in [-0.39, 0.29) is 23.3 Å². The zero-order valence-electron chi connectivity index (χ0n) is 17.9. The second-order valence-electron chi connectivity index (χ2n) is 8.22. The van der Waals surface area contributed by atoms with Crippen LogP contribution in [0, 0.1) is 6.92 Å². The van der Waals surface area contributed by atoms with Gasteiger partial charge in [-0.25, -0.2) is 4.79 Å². The summed E-state index contributed by atoms with van der Waals surface area (Å²) in [5.74, 6) is -2.72. The number of halogens is 3. The Balaban J connectivity index is 0.000000383. The number of nitrogens with zero attached hydrogens (tertiary/aromatic N) is 2. The number of carbonyl (C=O) groups is 3. The molecule has 2 fully saturated rings. The number of hydrogen-bond acceptors (Lipinski definition) is 4. The van der Waals surface area contributed by atoms with Crippen LogP contribution in [0.3, 0.4) is 0 Å². The lowest BCUT2D eigenvalue weighted by Gasteiger charge is -2.39. The molecule has 2 N–H and O–H groups in total. The number of aliphatic carboxylic acids is 1. The maximum atomic E-state index is 12.8. The van der Waals surface area contributed by atoms with E-state index < -0.39 is 12.1 Å². The van der Waals surface area contributed by atoms with E-state index in [0.29, 0.717) is 13.1 Å². The number of carboxylic acid groups (broad SMARTS) is 1. The number of nitrogens with one attached hydrogen (secondary N) is 1. The van der Waals surface area contributed by atoms with E-state index in [1.807, 2.05) is 48.2 Å². The number of likely N-dealkylation sites (tertiary alicyclic amines) is 1. The fourth-order valence-corrected chi connectivity index (χ4v) is 4.18. The molecule has 2 aliphatic heterocycles. The molecule has 0 radical (unpaired) electrons. The number of rotatable bonds is 2. The second kappa shape index (κ2) is 9.60. The standard InChI is InChI=1S/C21H23N3O2.C2HF3O2/c1-15-5-2-3-7-17(15)20(26)24-11-8-21(9-12-24)13-18(19(25)23-21)16-6-4-10-22-14-16;3-2(4,5)1(6)7/h2-7,10,14,18H,8-9,11-13H2,1H3,(H,23,25);(H,6,7). The van der Waals surface area contributed by atoms with Crippen molar-refractivity contribution in [2.24, 2.45) is 0 Å². The van der Waals surface area contributed by atoms with E-state index in [4.69, 9.17) is 9.90 Å². The molecular weight excluding hydrogens is 439 g/mol. The highest BCUT2D eigenvalue weighted by Crippen LogP contribution is 2.39.